The van der Waals surface area contributed by atoms with Crippen LogP contribution in [0.3, 0.4) is 0 Å². The third kappa shape index (κ3) is 3.39. The number of rotatable bonds is 5. The summed E-state index contributed by atoms with van der Waals surface area (Å²) in [7, 11) is 1.67. The van der Waals surface area contributed by atoms with E-state index in [9.17, 15) is 0 Å². The average Bonchev–Trinajstić information content (AvgIpc) is 3.12. The number of hydrogen-bond acceptors (Lipinski definition) is 5. The van der Waals surface area contributed by atoms with Crippen molar-refractivity contribution in [3.05, 3.63) is 72.1 Å². The van der Waals surface area contributed by atoms with Gasteiger partial charge in [0.15, 0.2) is 0 Å². The molecule has 26 heavy (non-hydrogen) atoms. The van der Waals surface area contributed by atoms with Crippen LogP contribution in [-0.4, -0.2) is 17.1 Å². The van der Waals surface area contributed by atoms with Crippen LogP contribution in [0.5, 0.6) is 5.75 Å². The van der Waals surface area contributed by atoms with Gasteiger partial charge < -0.3 is 10.1 Å². The monoisotopic (exact) mass is 361 g/mol. The van der Waals surface area contributed by atoms with Crippen LogP contribution >= 0.6 is 11.3 Å². The van der Waals surface area contributed by atoms with E-state index in [1.54, 1.807) is 24.8 Å². The van der Waals surface area contributed by atoms with Gasteiger partial charge in [-0.3, -0.25) is 0 Å². The van der Waals surface area contributed by atoms with Crippen LogP contribution in [0.1, 0.15) is 11.1 Å². The summed E-state index contributed by atoms with van der Waals surface area (Å²) in [5.74, 6) is 1.73. The van der Waals surface area contributed by atoms with Crippen molar-refractivity contribution < 1.29 is 4.74 Å². The Bertz CT molecular complexity index is 1040. The summed E-state index contributed by atoms with van der Waals surface area (Å²) in [5, 5.41) is 3.44. The number of fused-ring (bicyclic) bond motifs is 1. The van der Waals surface area contributed by atoms with Gasteiger partial charge in [0.25, 0.3) is 0 Å². The van der Waals surface area contributed by atoms with Gasteiger partial charge in [0.1, 0.15) is 17.9 Å². The van der Waals surface area contributed by atoms with E-state index in [1.165, 1.54) is 21.6 Å². The number of aromatic nitrogens is 2. The van der Waals surface area contributed by atoms with Crippen molar-refractivity contribution in [3.63, 3.8) is 0 Å². The summed E-state index contributed by atoms with van der Waals surface area (Å²) in [5.41, 5.74) is 4.62. The fourth-order valence-corrected chi connectivity index (χ4v) is 3.92. The zero-order valence-electron chi connectivity index (χ0n) is 14.7. The molecule has 0 aliphatic heterocycles. The maximum Gasteiger partial charge on any atom is 0.147 e. The SMILES string of the molecule is COc1ccc(CNc2ncnc3cc(-c4cccc(C)c4)sc23)cc1. The first-order chi connectivity index (χ1) is 12.7. The largest absolute Gasteiger partial charge is 0.497 e. The van der Waals surface area contributed by atoms with Gasteiger partial charge in [0.05, 0.1) is 17.3 Å². The topological polar surface area (TPSA) is 47.0 Å². The number of hydrogen-bond donors (Lipinski definition) is 1. The molecule has 4 aromatic rings. The van der Waals surface area contributed by atoms with E-state index in [2.05, 4.69) is 64.7 Å². The minimum absolute atomic E-state index is 0.702. The molecule has 0 saturated carbocycles. The Hall–Kier alpha value is -2.92. The third-order valence-electron chi connectivity index (χ3n) is 4.23. The molecule has 0 saturated heterocycles. The minimum Gasteiger partial charge on any atom is -0.497 e. The number of anilines is 1. The fourth-order valence-electron chi connectivity index (χ4n) is 2.85. The Morgan fingerprint density at radius 2 is 1.88 bits per heavy atom. The highest BCUT2D eigenvalue weighted by molar-refractivity contribution is 7.22. The van der Waals surface area contributed by atoms with Crippen LogP contribution in [0, 0.1) is 6.92 Å². The highest BCUT2D eigenvalue weighted by atomic mass is 32.1. The molecule has 0 unspecified atom stereocenters. The maximum absolute atomic E-state index is 5.20. The molecule has 2 aromatic heterocycles. The first kappa shape index (κ1) is 16.5. The Kier molecular flexibility index (Phi) is 4.54. The van der Waals surface area contributed by atoms with Gasteiger partial charge in [-0.2, -0.15) is 0 Å². The van der Waals surface area contributed by atoms with E-state index in [4.69, 9.17) is 4.74 Å². The number of ether oxygens (including phenoxy) is 1. The van der Waals surface area contributed by atoms with E-state index in [0.717, 1.165) is 21.8 Å². The third-order valence-corrected chi connectivity index (χ3v) is 5.41. The van der Waals surface area contributed by atoms with Gasteiger partial charge in [0.2, 0.25) is 0 Å². The van der Waals surface area contributed by atoms with Crippen LogP contribution in [0.25, 0.3) is 20.7 Å². The van der Waals surface area contributed by atoms with Gasteiger partial charge in [-0.05, 0) is 36.2 Å². The lowest BCUT2D eigenvalue weighted by Gasteiger charge is -2.07. The lowest BCUT2D eigenvalue weighted by Crippen LogP contribution is -2.01. The quantitative estimate of drug-likeness (QED) is 0.525. The molecule has 4 rings (SSSR count). The molecular formula is C21H19N3OS. The van der Waals surface area contributed by atoms with E-state index in [0.29, 0.717) is 6.54 Å². The minimum atomic E-state index is 0.702. The normalized spacial score (nSPS) is 10.8. The van der Waals surface area contributed by atoms with Gasteiger partial charge in [-0.1, -0.05) is 42.0 Å². The second kappa shape index (κ2) is 7.14. The molecule has 0 fully saturated rings. The smallest absolute Gasteiger partial charge is 0.147 e. The average molecular weight is 361 g/mol. The van der Waals surface area contributed by atoms with Crippen LogP contribution in [-0.2, 0) is 6.54 Å². The Labute approximate surface area is 156 Å². The number of methoxy groups -OCH3 is 1. The van der Waals surface area contributed by atoms with Crippen LogP contribution in [0.4, 0.5) is 5.82 Å². The summed E-state index contributed by atoms with van der Waals surface area (Å²) in [6, 6.07) is 18.7. The predicted molar refractivity (Wildman–Crippen MR) is 108 cm³/mol. The Morgan fingerprint density at radius 1 is 1.04 bits per heavy atom. The number of benzene rings is 2. The van der Waals surface area contributed by atoms with Crippen molar-refractivity contribution in [2.24, 2.45) is 0 Å². The second-order valence-electron chi connectivity index (χ2n) is 6.12. The zero-order valence-corrected chi connectivity index (χ0v) is 15.5. The van der Waals surface area contributed by atoms with Crippen molar-refractivity contribution in [2.45, 2.75) is 13.5 Å². The molecule has 2 heterocycles. The summed E-state index contributed by atoms with van der Waals surface area (Å²) in [6.45, 7) is 2.81. The first-order valence-electron chi connectivity index (χ1n) is 8.41. The van der Waals surface area contributed by atoms with E-state index < -0.39 is 0 Å². The van der Waals surface area contributed by atoms with Crippen molar-refractivity contribution >= 4 is 27.4 Å². The molecule has 0 bridgehead atoms. The van der Waals surface area contributed by atoms with E-state index in [-0.39, 0.29) is 0 Å². The molecule has 0 amide bonds. The maximum atomic E-state index is 5.20. The fraction of sp³-hybridized carbons (Fsp3) is 0.143. The molecule has 130 valence electrons. The second-order valence-corrected chi connectivity index (χ2v) is 7.17. The molecule has 0 atom stereocenters. The van der Waals surface area contributed by atoms with Crippen molar-refractivity contribution in [3.8, 4) is 16.2 Å². The first-order valence-corrected chi connectivity index (χ1v) is 9.23. The van der Waals surface area contributed by atoms with Gasteiger partial charge >= 0.3 is 0 Å². The molecule has 0 spiro atoms. The molecule has 2 aromatic carbocycles. The van der Waals surface area contributed by atoms with Gasteiger partial charge in [-0.15, -0.1) is 11.3 Å². The highest BCUT2D eigenvalue weighted by Crippen LogP contribution is 2.35. The number of nitrogens with zero attached hydrogens (tertiary/aromatic N) is 2. The summed E-state index contributed by atoms with van der Waals surface area (Å²) < 4.78 is 6.28. The highest BCUT2D eigenvalue weighted by Gasteiger charge is 2.10. The van der Waals surface area contributed by atoms with Gasteiger partial charge in [-0.25, -0.2) is 9.97 Å². The van der Waals surface area contributed by atoms with Crippen LogP contribution < -0.4 is 10.1 Å². The molecule has 1 N–H and O–H groups in total. The number of aryl methyl sites for hydroxylation is 1. The lowest BCUT2D eigenvalue weighted by molar-refractivity contribution is 0.414. The standard InChI is InChI=1S/C21H19N3OS/c1-14-4-3-5-16(10-14)19-11-18-20(26-19)21(24-13-23-18)22-12-15-6-8-17(25-2)9-7-15/h3-11,13H,12H2,1-2H3,(H,22,23,24). The van der Waals surface area contributed by atoms with E-state index in [1.807, 2.05) is 12.1 Å². The molecule has 0 aliphatic carbocycles. The molecule has 4 nitrogen and oxygen atoms in total. The van der Waals surface area contributed by atoms with Crippen LogP contribution in [0.2, 0.25) is 0 Å². The van der Waals surface area contributed by atoms with Crippen molar-refractivity contribution in [1.29, 1.82) is 0 Å². The zero-order chi connectivity index (χ0) is 17.9. The van der Waals surface area contributed by atoms with E-state index >= 15 is 0 Å². The Morgan fingerprint density at radius 3 is 2.65 bits per heavy atom. The predicted octanol–water partition coefficient (Wildman–Crippen LogP) is 5.29. The summed E-state index contributed by atoms with van der Waals surface area (Å²) in [6.07, 6.45) is 1.62. The lowest BCUT2D eigenvalue weighted by atomic mass is 10.1. The van der Waals surface area contributed by atoms with Crippen molar-refractivity contribution in [1.82, 2.24) is 9.97 Å². The Balaban J connectivity index is 1.61. The van der Waals surface area contributed by atoms with Crippen molar-refractivity contribution in [2.75, 3.05) is 12.4 Å². The molecule has 0 radical (unpaired) electrons. The number of thiophene rings is 1. The van der Waals surface area contributed by atoms with Gasteiger partial charge in [0, 0.05) is 11.4 Å². The number of nitrogens with one attached hydrogen (secondary N) is 1. The summed E-state index contributed by atoms with van der Waals surface area (Å²) >= 11 is 1.72. The molecular weight excluding hydrogens is 342 g/mol. The van der Waals surface area contributed by atoms with Crippen LogP contribution in [0.15, 0.2) is 60.9 Å². The summed E-state index contributed by atoms with van der Waals surface area (Å²) in [4.78, 5) is 10.1. The molecule has 0 aliphatic rings. The molecule has 5 heteroatoms.